The lowest BCUT2D eigenvalue weighted by Gasteiger charge is -2.25. The Kier molecular flexibility index (Phi) is 5.76. The first-order valence-corrected chi connectivity index (χ1v) is 7.01. The number of aliphatic carboxylic acids is 1. The van der Waals surface area contributed by atoms with Crippen LogP contribution < -0.4 is 10.1 Å². The zero-order valence-electron chi connectivity index (χ0n) is 13.0. The Morgan fingerprint density at radius 1 is 1.38 bits per heavy atom. The third kappa shape index (κ3) is 4.21. The van der Waals surface area contributed by atoms with Gasteiger partial charge in [-0.15, -0.1) is 0 Å². The molecule has 0 spiro atoms. The van der Waals surface area contributed by atoms with Crippen molar-refractivity contribution in [2.45, 2.75) is 45.1 Å². The maximum Gasteiger partial charge on any atom is 0.329 e. The van der Waals surface area contributed by atoms with Crippen LogP contribution in [0.2, 0.25) is 0 Å². The number of hydrogen-bond acceptors (Lipinski definition) is 3. The summed E-state index contributed by atoms with van der Waals surface area (Å²) in [5.74, 6) is -0.631. The number of para-hydroxylation sites is 1. The summed E-state index contributed by atoms with van der Waals surface area (Å²) in [5.41, 5.74) is -0.291. The van der Waals surface area contributed by atoms with Crippen LogP contribution in [0.4, 0.5) is 0 Å². The number of ether oxygens (including phenoxy) is 1. The fourth-order valence-corrected chi connectivity index (χ4v) is 2.11. The van der Waals surface area contributed by atoms with Gasteiger partial charge in [-0.25, -0.2) is 4.79 Å². The first-order valence-electron chi connectivity index (χ1n) is 7.01. The second-order valence-corrected chi connectivity index (χ2v) is 5.39. The lowest BCUT2D eigenvalue weighted by Crippen LogP contribution is -2.51. The molecule has 0 aromatic heterocycles. The molecule has 1 aromatic carbocycles. The van der Waals surface area contributed by atoms with Gasteiger partial charge in [0.1, 0.15) is 11.3 Å². The Hall–Kier alpha value is -2.04. The van der Waals surface area contributed by atoms with E-state index in [0.29, 0.717) is 6.42 Å². The molecule has 2 N–H and O–H groups in total. The molecule has 0 aliphatic rings. The normalized spacial score (nSPS) is 14.9. The Labute approximate surface area is 125 Å². The molecule has 5 nitrogen and oxygen atoms in total. The van der Waals surface area contributed by atoms with E-state index >= 15 is 0 Å². The summed E-state index contributed by atoms with van der Waals surface area (Å²) in [4.78, 5) is 23.3. The molecular weight excluding hydrogens is 270 g/mol. The highest BCUT2D eigenvalue weighted by atomic mass is 16.5. The number of carboxylic acids is 1. The van der Waals surface area contributed by atoms with Gasteiger partial charge in [-0.2, -0.15) is 0 Å². The van der Waals surface area contributed by atoms with Crippen LogP contribution >= 0.6 is 0 Å². The van der Waals surface area contributed by atoms with E-state index in [1.54, 1.807) is 14.0 Å². The number of hydrogen-bond donors (Lipinski definition) is 2. The maximum atomic E-state index is 12.1. The van der Waals surface area contributed by atoms with Gasteiger partial charge in [0.25, 0.3) is 0 Å². The molecule has 0 saturated heterocycles. The van der Waals surface area contributed by atoms with Crippen LogP contribution in [0.1, 0.15) is 45.1 Å². The van der Waals surface area contributed by atoms with E-state index in [2.05, 4.69) is 5.32 Å². The van der Waals surface area contributed by atoms with Crippen LogP contribution in [-0.2, 0) is 9.59 Å². The molecule has 0 heterocycles. The van der Waals surface area contributed by atoms with Gasteiger partial charge in [0.2, 0.25) is 5.91 Å². The molecule has 0 aliphatic carbocycles. The number of amides is 1. The smallest absolute Gasteiger partial charge is 0.329 e. The highest BCUT2D eigenvalue weighted by Crippen LogP contribution is 2.28. The predicted molar refractivity (Wildman–Crippen MR) is 80.5 cm³/mol. The molecule has 2 unspecified atom stereocenters. The summed E-state index contributed by atoms with van der Waals surface area (Å²) >= 11 is 0. The molecule has 1 amide bonds. The van der Waals surface area contributed by atoms with E-state index in [1.165, 1.54) is 6.92 Å². The molecule has 0 radical (unpaired) electrons. The molecule has 1 rings (SSSR count). The van der Waals surface area contributed by atoms with Crippen molar-refractivity contribution in [1.29, 1.82) is 0 Å². The number of carboxylic acid groups (broad SMARTS) is 1. The Balaban J connectivity index is 2.77. The monoisotopic (exact) mass is 293 g/mol. The standard InChI is InChI=1S/C16H23NO4/c1-5-16(3,15(19)20)17-14(18)10-11(2)12-8-6-7-9-13(12)21-4/h6-9,11H,5,10H2,1-4H3,(H,17,18)(H,19,20). The minimum absolute atomic E-state index is 0.0592. The lowest BCUT2D eigenvalue weighted by atomic mass is 9.94. The van der Waals surface area contributed by atoms with Gasteiger partial charge in [-0.1, -0.05) is 32.0 Å². The van der Waals surface area contributed by atoms with E-state index in [4.69, 9.17) is 4.74 Å². The van der Waals surface area contributed by atoms with Crippen molar-refractivity contribution < 1.29 is 19.4 Å². The van der Waals surface area contributed by atoms with E-state index < -0.39 is 11.5 Å². The van der Waals surface area contributed by atoms with Crippen molar-refractivity contribution in [2.75, 3.05) is 7.11 Å². The average molecular weight is 293 g/mol. The SMILES string of the molecule is CCC(C)(NC(=O)CC(C)c1ccccc1OC)C(=O)O. The first kappa shape index (κ1) is 17.0. The van der Waals surface area contributed by atoms with E-state index in [9.17, 15) is 14.7 Å². The number of rotatable bonds is 7. The Morgan fingerprint density at radius 2 is 2.00 bits per heavy atom. The number of methoxy groups -OCH3 is 1. The molecule has 5 heteroatoms. The van der Waals surface area contributed by atoms with Crippen LogP contribution in [0, 0.1) is 0 Å². The quantitative estimate of drug-likeness (QED) is 0.810. The summed E-state index contributed by atoms with van der Waals surface area (Å²) in [6.07, 6.45) is 0.542. The molecule has 0 aliphatic heterocycles. The Bertz CT molecular complexity index is 515. The molecule has 1 aromatic rings. The molecule has 0 saturated carbocycles. The van der Waals surface area contributed by atoms with Crippen molar-refractivity contribution in [3.63, 3.8) is 0 Å². The summed E-state index contributed by atoms with van der Waals surface area (Å²) in [6.45, 7) is 5.17. The van der Waals surface area contributed by atoms with Crippen molar-refractivity contribution in [2.24, 2.45) is 0 Å². The Morgan fingerprint density at radius 3 is 2.52 bits per heavy atom. The minimum Gasteiger partial charge on any atom is -0.496 e. The fourth-order valence-electron chi connectivity index (χ4n) is 2.11. The summed E-state index contributed by atoms with van der Waals surface area (Å²) in [5, 5.41) is 11.8. The molecule has 116 valence electrons. The second-order valence-electron chi connectivity index (χ2n) is 5.39. The highest BCUT2D eigenvalue weighted by Gasteiger charge is 2.33. The van der Waals surface area contributed by atoms with Crippen molar-refractivity contribution in [1.82, 2.24) is 5.32 Å². The van der Waals surface area contributed by atoms with Gasteiger partial charge in [0, 0.05) is 6.42 Å². The molecule has 2 atom stereocenters. The van der Waals surface area contributed by atoms with E-state index in [1.807, 2.05) is 31.2 Å². The fraction of sp³-hybridized carbons (Fsp3) is 0.500. The summed E-state index contributed by atoms with van der Waals surface area (Å²) in [7, 11) is 1.59. The van der Waals surface area contributed by atoms with Crippen molar-refractivity contribution in [3.8, 4) is 5.75 Å². The molecule has 0 bridgehead atoms. The van der Waals surface area contributed by atoms with Crippen LogP contribution in [0.3, 0.4) is 0 Å². The molecular formula is C16H23NO4. The van der Waals surface area contributed by atoms with E-state index in [-0.39, 0.29) is 18.2 Å². The van der Waals surface area contributed by atoms with Crippen molar-refractivity contribution in [3.05, 3.63) is 29.8 Å². The lowest BCUT2D eigenvalue weighted by molar-refractivity contribution is -0.147. The summed E-state index contributed by atoms with van der Waals surface area (Å²) in [6, 6.07) is 7.51. The van der Waals surface area contributed by atoms with Crippen LogP contribution in [-0.4, -0.2) is 29.6 Å². The predicted octanol–water partition coefficient (Wildman–Crippen LogP) is 2.56. The van der Waals surface area contributed by atoms with Crippen molar-refractivity contribution >= 4 is 11.9 Å². The van der Waals surface area contributed by atoms with Crippen LogP contribution in [0.5, 0.6) is 5.75 Å². The molecule has 0 fully saturated rings. The minimum atomic E-state index is -1.22. The van der Waals surface area contributed by atoms with Gasteiger partial charge in [0.05, 0.1) is 7.11 Å². The maximum absolute atomic E-state index is 12.1. The van der Waals surface area contributed by atoms with Crippen LogP contribution in [0.15, 0.2) is 24.3 Å². The number of benzene rings is 1. The second kappa shape index (κ2) is 7.11. The van der Waals surface area contributed by atoms with Gasteiger partial charge in [-0.05, 0) is 30.9 Å². The van der Waals surface area contributed by atoms with Gasteiger partial charge < -0.3 is 15.2 Å². The number of carbonyl (C=O) groups excluding carboxylic acids is 1. The zero-order chi connectivity index (χ0) is 16.0. The third-order valence-corrected chi connectivity index (χ3v) is 3.76. The largest absolute Gasteiger partial charge is 0.496 e. The van der Waals surface area contributed by atoms with Crippen LogP contribution in [0.25, 0.3) is 0 Å². The van der Waals surface area contributed by atoms with Gasteiger partial charge in [-0.3, -0.25) is 4.79 Å². The summed E-state index contributed by atoms with van der Waals surface area (Å²) < 4.78 is 5.28. The zero-order valence-corrected chi connectivity index (χ0v) is 13.0. The number of carbonyl (C=O) groups is 2. The topological polar surface area (TPSA) is 75.6 Å². The van der Waals surface area contributed by atoms with E-state index in [0.717, 1.165) is 11.3 Å². The third-order valence-electron chi connectivity index (χ3n) is 3.76. The average Bonchev–Trinajstić information content (AvgIpc) is 2.46. The number of nitrogens with one attached hydrogen (secondary N) is 1. The van der Waals surface area contributed by atoms with Gasteiger partial charge in [0.15, 0.2) is 0 Å². The molecule has 21 heavy (non-hydrogen) atoms. The first-order chi connectivity index (χ1) is 9.84. The van der Waals surface area contributed by atoms with Gasteiger partial charge >= 0.3 is 5.97 Å². The highest BCUT2D eigenvalue weighted by molar-refractivity contribution is 5.86.